The summed E-state index contributed by atoms with van der Waals surface area (Å²) in [6.45, 7) is 9.65. The highest BCUT2D eigenvalue weighted by atomic mass is 35.5. The fourth-order valence-corrected chi connectivity index (χ4v) is 2.83. The molecule has 4 heteroatoms. The number of halogens is 2. The van der Waals surface area contributed by atoms with E-state index in [1.54, 1.807) is 6.07 Å². The molecular weight excluding hydrogens is 281 g/mol. The molecule has 0 bridgehead atoms. The Morgan fingerprint density at radius 3 is 2.58 bits per heavy atom. The lowest BCUT2D eigenvalue weighted by molar-refractivity contribution is 0.566. The minimum atomic E-state index is -0.335. The van der Waals surface area contributed by atoms with Gasteiger partial charge in [0.1, 0.15) is 5.82 Å². The summed E-state index contributed by atoms with van der Waals surface area (Å²) < 4.78 is 13.7. The second-order valence-corrected chi connectivity index (χ2v) is 7.88. The molecule has 0 aliphatic carbocycles. The van der Waals surface area contributed by atoms with E-state index in [1.165, 1.54) is 6.07 Å². The summed E-state index contributed by atoms with van der Waals surface area (Å²) in [5.41, 5.74) is 0.988. The highest BCUT2D eigenvalue weighted by Crippen LogP contribution is 2.25. The van der Waals surface area contributed by atoms with Crippen LogP contribution in [0.3, 0.4) is 0 Å². The van der Waals surface area contributed by atoms with Crippen LogP contribution in [0.5, 0.6) is 0 Å². The van der Waals surface area contributed by atoms with Crippen LogP contribution < -0.4 is 5.32 Å². The topological polar surface area (TPSA) is 12.0 Å². The van der Waals surface area contributed by atoms with Gasteiger partial charge in [-0.15, -0.1) is 0 Å². The van der Waals surface area contributed by atoms with E-state index in [-0.39, 0.29) is 15.6 Å². The Kier molecular flexibility index (Phi) is 6.64. The molecular formula is C15H23ClFNS. The maximum atomic E-state index is 13.4. The van der Waals surface area contributed by atoms with Gasteiger partial charge >= 0.3 is 0 Å². The number of hydrogen-bond donors (Lipinski definition) is 1. The molecule has 19 heavy (non-hydrogen) atoms. The van der Waals surface area contributed by atoms with Crippen LogP contribution in [0.4, 0.5) is 4.39 Å². The SMILES string of the molecule is CCNC(CSC(C)(C)C)Cc1ccc(Cl)c(F)c1. The van der Waals surface area contributed by atoms with Crippen LogP contribution in [-0.4, -0.2) is 23.1 Å². The van der Waals surface area contributed by atoms with Crippen LogP contribution in [0.2, 0.25) is 5.02 Å². The van der Waals surface area contributed by atoms with Crippen LogP contribution in [0.1, 0.15) is 33.3 Å². The van der Waals surface area contributed by atoms with E-state index in [1.807, 2.05) is 17.8 Å². The summed E-state index contributed by atoms with van der Waals surface area (Å²) in [5.74, 6) is 0.680. The molecule has 0 amide bonds. The Bertz CT molecular complexity index is 404. The minimum Gasteiger partial charge on any atom is -0.313 e. The Hall–Kier alpha value is -0.250. The standard InChI is InChI=1S/C15H23ClFNS/c1-5-18-12(10-19-15(2,3)4)8-11-6-7-13(16)14(17)9-11/h6-7,9,12,18H,5,8,10H2,1-4H3. The molecule has 0 saturated heterocycles. The van der Waals surface area contributed by atoms with Crippen LogP contribution in [0.15, 0.2) is 18.2 Å². The lowest BCUT2D eigenvalue weighted by Crippen LogP contribution is -2.34. The molecule has 0 heterocycles. The number of nitrogens with one attached hydrogen (secondary N) is 1. The van der Waals surface area contributed by atoms with Crippen LogP contribution in [-0.2, 0) is 6.42 Å². The maximum absolute atomic E-state index is 13.4. The third kappa shape index (κ3) is 6.64. The Morgan fingerprint density at radius 2 is 2.05 bits per heavy atom. The molecule has 1 unspecified atom stereocenters. The number of benzene rings is 1. The van der Waals surface area contributed by atoms with Gasteiger partial charge in [0.05, 0.1) is 5.02 Å². The van der Waals surface area contributed by atoms with Crippen molar-refractivity contribution < 1.29 is 4.39 Å². The lowest BCUT2D eigenvalue weighted by atomic mass is 10.1. The monoisotopic (exact) mass is 303 g/mol. The third-order valence-electron chi connectivity index (χ3n) is 2.68. The first-order valence-electron chi connectivity index (χ1n) is 6.63. The first kappa shape index (κ1) is 16.8. The predicted octanol–water partition coefficient (Wildman–Crippen LogP) is 4.53. The third-order valence-corrected chi connectivity index (χ3v) is 4.42. The van der Waals surface area contributed by atoms with Crippen molar-refractivity contribution in [1.29, 1.82) is 0 Å². The Balaban J connectivity index is 2.64. The summed E-state index contributed by atoms with van der Waals surface area (Å²) in [6, 6.07) is 5.42. The molecule has 0 spiro atoms. The van der Waals surface area contributed by atoms with E-state index in [2.05, 4.69) is 33.0 Å². The largest absolute Gasteiger partial charge is 0.313 e. The number of likely N-dealkylation sites (N-methyl/N-ethyl adjacent to an activating group) is 1. The molecule has 0 fully saturated rings. The molecule has 1 aromatic carbocycles. The Morgan fingerprint density at radius 1 is 1.37 bits per heavy atom. The summed E-state index contributed by atoms with van der Waals surface area (Å²) >= 11 is 7.63. The van der Waals surface area contributed by atoms with Crippen molar-refractivity contribution in [1.82, 2.24) is 5.32 Å². The molecule has 1 N–H and O–H groups in total. The Labute approximate surface area is 125 Å². The molecule has 1 atom stereocenters. The molecule has 1 aromatic rings. The lowest BCUT2D eigenvalue weighted by Gasteiger charge is -2.23. The molecule has 0 aromatic heterocycles. The van der Waals surface area contributed by atoms with Gasteiger partial charge in [0.2, 0.25) is 0 Å². The van der Waals surface area contributed by atoms with E-state index in [0.717, 1.165) is 24.3 Å². The normalized spacial score (nSPS) is 13.6. The van der Waals surface area contributed by atoms with Gasteiger partial charge in [-0.2, -0.15) is 11.8 Å². The molecule has 0 radical (unpaired) electrons. The first-order valence-corrected chi connectivity index (χ1v) is 7.99. The van der Waals surface area contributed by atoms with Gasteiger partial charge in [-0.3, -0.25) is 0 Å². The zero-order valence-electron chi connectivity index (χ0n) is 12.1. The summed E-state index contributed by atoms with van der Waals surface area (Å²) in [6.07, 6.45) is 0.824. The van der Waals surface area contributed by atoms with Crippen molar-refractivity contribution >= 4 is 23.4 Å². The smallest absolute Gasteiger partial charge is 0.142 e. The fourth-order valence-electron chi connectivity index (χ4n) is 1.78. The quantitative estimate of drug-likeness (QED) is 0.828. The van der Waals surface area contributed by atoms with Gasteiger partial charge in [0, 0.05) is 16.5 Å². The summed E-state index contributed by atoms with van der Waals surface area (Å²) in [4.78, 5) is 0. The summed E-state index contributed by atoms with van der Waals surface area (Å²) in [5, 5.41) is 3.65. The van der Waals surface area contributed by atoms with E-state index in [0.29, 0.717) is 6.04 Å². The van der Waals surface area contributed by atoms with Gasteiger partial charge in [-0.05, 0) is 30.7 Å². The highest BCUT2D eigenvalue weighted by Gasteiger charge is 2.16. The van der Waals surface area contributed by atoms with Crippen molar-refractivity contribution in [3.63, 3.8) is 0 Å². The molecule has 108 valence electrons. The first-order chi connectivity index (χ1) is 8.81. The van der Waals surface area contributed by atoms with E-state index in [4.69, 9.17) is 11.6 Å². The van der Waals surface area contributed by atoms with E-state index >= 15 is 0 Å². The highest BCUT2D eigenvalue weighted by molar-refractivity contribution is 8.00. The molecule has 0 saturated carbocycles. The van der Waals surface area contributed by atoms with Gasteiger partial charge in [0.25, 0.3) is 0 Å². The molecule has 1 nitrogen and oxygen atoms in total. The van der Waals surface area contributed by atoms with Gasteiger partial charge in [-0.1, -0.05) is 45.4 Å². The van der Waals surface area contributed by atoms with Crippen molar-refractivity contribution in [3.8, 4) is 0 Å². The number of thioether (sulfide) groups is 1. The van der Waals surface area contributed by atoms with Crippen molar-refractivity contribution in [2.75, 3.05) is 12.3 Å². The maximum Gasteiger partial charge on any atom is 0.142 e. The molecule has 0 aliphatic heterocycles. The average Bonchev–Trinajstić information content (AvgIpc) is 2.30. The summed E-state index contributed by atoms with van der Waals surface area (Å²) in [7, 11) is 0. The minimum absolute atomic E-state index is 0.188. The van der Waals surface area contributed by atoms with Gasteiger partial charge in [0.15, 0.2) is 0 Å². The van der Waals surface area contributed by atoms with Crippen molar-refractivity contribution in [2.45, 2.75) is 44.9 Å². The fraction of sp³-hybridized carbons (Fsp3) is 0.600. The predicted molar refractivity (Wildman–Crippen MR) is 84.8 cm³/mol. The van der Waals surface area contributed by atoms with Crippen LogP contribution in [0, 0.1) is 5.82 Å². The van der Waals surface area contributed by atoms with Crippen LogP contribution >= 0.6 is 23.4 Å². The van der Waals surface area contributed by atoms with Crippen molar-refractivity contribution in [2.24, 2.45) is 0 Å². The zero-order chi connectivity index (χ0) is 14.5. The van der Waals surface area contributed by atoms with Gasteiger partial charge in [-0.25, -0.2) is 4.39 Å². The molecule has 1 rings (SSSR count). The average molecular weight is 304 g/mol. The molecule has 0 aliphatic rings. The van der Waals surface area contributed by atoms with E-state index < -0.39 is 0 Å². The van der Waals surface area contributed by atoms with Gasteiger partial charge < -0.3 is 5.32 Å². The number of hydrogen-bond acceptors (Lipinski definition) is 2. The van der Waals surface area contributed by atoms with Crippen molar-refractivity contribution in [3.05, 3.63) is 34.6 Å². The van der Waals surface area contributed by atoms with E-state index in [9.17, 15) is 4.39 Å². The zero-order valence-corrected chi connectivity index (χ0v) is 13.7. The van der Waals surface area contributed by atoms with Crippen LogP contribution in [0.25, 0.3) is 0 Å². The second kappa shape index (κ2) is 7.51. The second-order valence-electron chi connectivity index (χ2n) is 5.63. The number of rotatable bonds is 6.